The number of aldehydes is 1. The van der Waals surface area contributed by atoms with E-state index in [4.69, 9.17) is 4.74 Å². The molecule has 0 radical (unpaired) electrons. The fourth-order valence-corrected chi connectivity index (χ4v) is 3.63. The average molecular weight is 435 g/mol. The minimum atomic E-state index is -0.570. The Kier molecular flexibility index (Phi) is 6.02. The number of halogens is 1. The lowest BCUT2D eigenvalue weighted by Gasteiger charge is -2.15. The molecule has 32 heavy (non-hydrogen) atoms. The van der Waals surface area contributed by atoms with Crippen molar-refractivity contribution in [2.24, 2.45) is 0 Å². The topological polar surface area (TPSA) is 80.6 Å². The van der Waals surface area contributed by atoms with Gasteiger partial charge in [0, 0.05) is 37.0 Å². The molecule has 1 N–H and O–H groups in total. The smallest absolute Gasteiger partial charge is 0.414 e. The summed E-state index contributed by atoms with van der Waals surface area (Å²) in [4.78, 5) is 35.4. The lowest BCUT2D eigenvalue weighted by Crippen LogP contribution is -2.33. The predicted molar refractivity (Wildman–Crippen MR) is 117 cm³/mol. The molecule has 4 rings (SSSR count). The molecule has 1 aliphatic rings. The van der Waals surface area contributed by atoms with Crippen LogP contribution in [0, 0.1) is 5.82 Å². The standard InChI is InChI=1S/C24H22FN3O4/c1-16(30)26-11-21-14-28(24(31)32-21)20-6-7-22(23(25)10-20)19-4-2-17(3-5-19)12-27-9-8-18(13-27)15-29/h2-10,13,15,21H,11-12,14H2,1H3,(H,26,30)/t21-/m0/s1. The molecule has 7 nitrogen and oxygen atoms in total. The van der Waals surface area contributed by atoms with E-state index in [9.17, 15) is 18.8 Å². The number of anilines is 1. The van der Waals surface area contributed by atoms with Crippen molar-refractivity contribution >= 4 is 24.0 Å². The van der Waals surface area contributed by atoms with E-state index >= 15 is 0 Å². The lowest BCUT2D eigenvalue weighted by atomic mass is 10.0. The molecule has 1 aliphatic heterocycles. The number of cyclic esters (lactones) is 1. The number of aromatic nitrogens is 1. The van der Waals surface area contributed by atoms with Crippen molar-refractivity contribution in [3.63, 3.8) is 0 Å². The van der Waals surface area contributed by atoms with Crippen LogP contribution in [0.25, 0.3) is 11.1 Å². The van der Waals surface area contributed by atoms with E-state index in [1.807, 2.05) is 35.0 Å². The lowest BCUT2D eigenvalue weighted by molar-refractivity contribution is -0.119. The molecular formula is C24H22FN3O4. The van der Waals surface area contributed by atoms with E-state index in [1.54, 1.807) is 24.4 Å². The molecule has 1 atom stereocenters. The number of benzene rings is 2. The Labute approximate surface area is 184 Å². The molecule has 1 aromatic heterocycles. The highest BCUT2D eigenvalue weighted by Crippen LogP contribution is 2.29. The van der Waals surface area contributed by atoms with Crippen LogP contribution < -0.4 is 10.2 Å². The zero-order valence-corrected chi connectivity index (χ0v) is 17.5. The van der Waals surface area contributed by atoms with Crippen LogP contribution in [0.5, 0.6) is 0 Å². The SMILES string of the molecule is CC(=O)NC[C@H]1CN(c2ccc(-c3ccc(Cn4ccc(C=O)c4)cc3)c(F)c2)C(=O)O1. The fourth-order valence-electron chi connectivity index (χ4n) is 3.63. The molecule has 1 fully saturated rings. The van der Waals surface area contributed by atoms with Gasteiger partial charge in [-0.1, -0.05) is 24.3 Å². The van der Waals surface area contributed by atoms with Gasteiger partial charge >= 0.3 is 6.09 Å². The number of carbonyl (C=O) groups is 3. The zero-order valence-electron chi connectivity index (χ0n) is 17.5. The molecule has 164 valence electrons. The van der Waals surface area contributed by atoms with Crippen LogP contribution in [0.4, 0.5) is 14.9 Å². The number of amides is 2. The quantitative estimate of drug-likeness (QED) is 0.575. The molecular weight excluding hydrogens is 413 g/mol. The number of nitrogens with one attached hydrogen (secondary N) is 1. The highest BCUT2D eigenvalue weighted by atomic mass is 19.1. The number of ether oxygens (including phenoxy) is 1. The number of nitrogens with zero attached hydrogens (tertiary/aromatic N) is 2. The van der Waals surface area contributed by atoms with Gasteiger partial charge in [-0.3, -0.25) is 14.5 Å². The van der Waals surface area contributed by atoms with Crippen LogP contribution in [-0.4, -0.2) is 42.0 Å². The minimum Gasteiger partial charge on any atom is -0.442 e. The second kappa shape index (κ2) is 9.05. The second-order valence-electron chi connectivity index (χ2n) is 7.65. The van der Waals surface area contributed by atoms with Gasteiger partial charge in [0.15, 0.2) is 6.29 Å². The summed E-state index contributed by atoms with van der Waals surface area (Å²) in [5.74, 6) is -0.658. The Hall–Kier alpha value is -3.94. The molecule has 8 heteroatoms. The van der Waals surface area contributed by atoms with Crippen molar-refractivity contribution < 1.29 is 23.5 Å². The molecule has 2 heterocycles. The molecule has 0 unspecified atom stereocenters. The maximum absolute atomic E-state index is 14.9. The van der Waals surface area contributed by atoms with E-state index < -0.39 is 18.0 Å². The highest BCUT2D eigenvalue weighted by Gasteiger charge is 2.32. The summed E-state index contributed by atoms with van der Waals surface area (Å²) in [6.45, 7) is 2.44. The van der Waals surface area contributed by atoms with Gasteiger partial charge in [-0.2, -0.15) is 0 Å². The Morgan fingerprint density at radius 3 is 2.66 bits per heavy atom. The Bertz CT molecular complexity index is 1160. The molecule has 0 saturated carbocycles. The largest absolute Gasteiger partial charge is 0.442 e. The first-order valence-electron chi connectivity index (χ1n) is 10.2. The van der Waals surface area contributed by atoms with Crippen LogP contribution in [0.2, 0.25) is 0 Å². The first kappa shape index (κ1) is 21.3. The summed E-state index contributed by atoms with van der Waals surface area (Å²) < 4.78 is 22.0. The number of rotatable bonds is 7. The van der Waals surface area contributed by atoms with E-state index in [-0.39, 0.29) is 19.0 Å². The molecule has 1 saturated heterocycles. The van der Waals surface area contributed by atoms with Crippen LogP contribution in [-0.2, 0) is 16.1 Å². The maximum atomic E-state index is 14.9. The van der Waals surface area contributed by atoms with Crippen molar-refractivity contribution in [3.05, 3.63) is 77.9 Å². The van der Waals surface area contributed by atoms with Crippen molar-refractivity contribution in [1.29, 1.82) is 0 Å². The number of hydrogen-bond acceptors (Lipinski definition) is 4. The van der Waals surface area contributed by atoms with Gasteiger partial charge < -0.3 is 14.6 Å². The summed E-state index contributed by atoms with van der Waals surface area (Å²) in [6.07, 6.45) is 3.35. The summed E-state index contributed by atoms with van der Waals surface area (Å²) in [5.41, 5.74) is 3.17. The third-order valence-electron chi connectivity index (χ3n) is 5.26. The third kappa shape index (κ3) is 4.69. The van der Waals surface area contributed by atoms with Gasteiger partial charge in [0.25, 0.3) is 0 Å². The number of carbonyl (C=O) groups excluding carboxylic acids is 3. The normalized spacial score (nSPS) is 15.5. The predicted octanol–water partition coefficient (Wildman–Crippen LogP) is 3.62. The van der Waals surface area contributed by atoms with Gasteiger partial charge in [-0.05, 0) is 35.4 Å². The molecule has 0 bridgehead atoms. The Balaban J connectivity index is 1.45. The van der Waals surface area contributed by atoms with Gasteiger partial charge in [0.05, 0.1) is 18.8 Å². The van der Waals surface area contributed by atoms with E-state index in [0.717, 1.165) is 11.8 Å². The molecule has 0 aliphatic carbocycles. The van der Waals surface area contributed by atoms with Crippen LogP contribution in [0.3, 0.4) is 0 Å². The zero-order chi connectivity index (χ0) is 22.7. The highest BCUT2D eigenvalue weighted by molar-refractivity contribution is 5.90. The van der Waals surface area contributed by atoms with Crippen molar-refractivity contribution in [1.82, 2.24) is 9.88 Å². The summed E-state index contributed by atoms with van der Waals surface area (Å²) in [7, 11) is 0. The maximum Gasteiger partial charge on any atom is 0.414 e. The fraction of sp³-hybridized carbons (Fsp3) is 0.208. The molecule has 0 spiro atoms. The van der Waals surface area contributed by atoms with Crippen molar-refractivity contribution in [3.8, 4) is 11.1 Å². The summed E-state index contributed by atoms with van der Waals surface area (Å²) in [6, 6.07) is 13.9. The van der Waals surface area contributed by atoms with E-state index in [2.05, 4.69) is 5.32 Å². The van der Waals surface area contributed by atoms with Crippen molar-refractivity contribution in [2.45, 2.75) is 19.6 Å². The number of hydrogen-bond donors (Lipinski definition) is 1. The first-order chi connectivity index (χ1) is 15.4. The monoisotopic (exact) mass is 435 g/mol. The third-order valence-corrected chi connectivity index (χ3v) is 5.26. The minimum absolute atomic E-state index is 0.208. The average Bonchev–Trinajstić information content (AvgIpc) is 3.39. The summed E-state index contributed by atoms with van der Waals surface area (Å²) in [5, 5.41) is 2.61. The molecule has 2 aromatic carbocycles. The Morgan fingerprint density at radius 1 is 1.22 bits per heavy atom. The van der Waals surface area contributed by atoms with E-state index in [1.165, 1.54) is 17.9 Å². The van der Waals surface area contributed by atoms with E-state index in [0.29, 0.717) is 28.9 Å². The van der Waals surface area contributed by atoms with Gasteiger partial charge in [0.1, 0.15) is 11.9 Å². The van der Waals surface area contributed by atoms with Crippen LogP contribution in [0.1, 0.15) is 22.8 Å². The molecule has 3 aromatic rings. The van der Waals surface area contributed by atoms with Gasteiger partial charge in [-0.15, -0.1) is 0 Å². The molecule has 2 amide bonds. The first-order valence-corrected chi connectivity index (χ1v) is 10.2. The summed E-state index contributed by atoms with van der Waals surface area (Å²) >= 11 is 0. The van der Waals surface area contributed by atoms with Crippen molar-refractivity contribution in [2.75, 3.05) is 18.0 Å². The van der Waals surface area contributed by atoms with Crippen LogP contribution >= 0.6 is 0 Å². The van der Waals surface area contributed by atoms with Gasteiger partial charge in [0.2, 0.25) is 5.91 Å². The Morgan fingerprint density at radius 2 is 2.00 bits per heavy atom. The van der Waals surface area contributed by atoms with Gasteiger partial charge in [-0.25, -0.2) is 9.18 Å². The van der Waals surface area contributed by atoms with Crippen LogP contribution in [0.15, 0.2) is 60.9 Å². The second-order valence-corrected chi connectivity index (χ2v) is 7.65.